The lowest BCUT2D eigenvalue weighted by molar-refractivity contribution is -0.140. The van der Waals surface area contributed by atoms with Gasteiger partial charge in [-0.25, -0.2) is 12.8 Å². The molecule has 4 aromatic carbocycles. The third-order valence-electron chi connectivity index (χ3n) is 7.29. The Labute approximate surface area is 285 Å². The SMILES string of the molecule is CCCNC(=O)C(Cc1ccccc1)N(Cc1ccc(Cl)cc1Cl)C(=O)CN(c1ccc(F)cc1)S(=O)(=O)c1ccc(OCC)cc1. The number of hydrogen-bond donors (Lipinski definition) is 1. The third kappa shape index (κ3) is 9.47. The summed E-state index contributed by atoms with van der Waals surface area (Å²) in [4.78, 5) is 29.4. The van der Waals surface area contributed by atoms with Crippen molar-refractivity contribution in [2.24, 2.45) is 0 Å². The minimum absolute atomic E-state index is 0.0631. The summed E-state index contributed by atoms with van der Waals surface area (Å²) >= 11 is 12.7. The summed E-state index contributed by atoms with van der Waals surface area (Å²) in [6, 6.07) is 23.6. The van der Waals surface area contributed by atoms with Gasteiger partial charge in [-0.15, -0.1) is 0 Å². The van der Waals surface area contributed by atoms with Crippen molar-refractivity contribution in [3.05, 3.63) is 124 Å². The van der Waals surface area contributed by atoms with E-state index < -0.39 is 40.2 Å². The Morgan fingerprint density at radius 3 is 2.21 bits per heavy atom. The molecule has 0 fully saturated rings. The van der Waals surface area contributed by atoms with E-state index in [1.54, 1.807) is 12.1 Å². The van der Waals surface area contributed by atoms with Gasteiger partial charge in [-0.05, 0) is 85.1 Å². The van der Waals surface area contributed by atoms with Crippen molar-refractivity contribution < 1.29 is 27.1 Å². The van der Waals surface area contributed by atoms with Crippen LogP contribution < -0.4 is 14.4 Å². The highest BCUT2D eigenvalue weighted by Gasteiger charge is 2.35. The molecule has 0 aromatic heterocycles. The van der Waals surface area contributed by atoms with Gasteiger partial charge in [0.15, 0.2) is 0 Å². The number of benzene rings is 4. The van der Waals surface area contributed by atoms with Crippen LogP contribution in [0.3, 0.4) is 0 Å². The van der Waals surface area contributed by atoms with Crippen LogP contribution in [0.5, 0.6) is 5.75 Å². The van der Waals surface area contributed by atoms with Gasteiger partial charge in [0.05, 0.1) is 17.2 Å². The minimum Gasteiger partial charge on any atom is -0.494 e. The van der Waals surface area contributed by atoms with Gasteiger partial charge in [0, 0.05) is 29.6 Å². The Morgan fingerprint density at radius 1 is 0.915 bits per heavy atom. The first-order valence-corrected chi connectivity index (χ1v) is 17.3. The average Bonchev–Trinajstić information content (AvgIpc) is 3.06. The fourth-order valence-electron chi connectivity index (χ4n) is 4.89. The molecule has 4 rings (SSSR count). The number of nitrogens with one attached hydrogen (secondary N) is 1. The molecule has 0 bridgehead atoms. The lowest BCUT2D eigenvalue weighted by Crippen LogP contribution is -2.53. The molecular weight excluding hydrogens is 664 g/mol. The van der Waals surface area contributed by atoms with E-state index in [9.17, 15) is 22.4 Å². The fraction of sp³-hybridized carbons (Fsp3) is 0.257. The van der Waals surface area contributed by atoms with Crippen molar-refractivity contribution in [1.82, 2.24) is 10.2 Å². The second kappa shape index (κ2) is 16.6. The van der Waals surface area contributed by atoms with Crippen molar-refractivity contribution >= 4 is 50.7 Å². The third-order valence-corrected chi connectivity index (χ3v) is 9.67. The number of rotatable bonds is 15. The highest BCUT2D eigenvalue weighted by Crippen LogP contribution is 2.28. The number of sulfonamides is 1. The Balaban J connectivity index is 1.80. The quantitative estimate of drug-likeness (QED) is 0.146. The zero-order valence-corrected chi connectivity index (χ0v) is 28.4. The van der Waals surface area contributed by atoms with Crippen LogP contribution in [0.25, 0.3) is 0 Å². The van der Waals surface area contributed by atoms with Crippen LogP contribution in [0.2, 0.25) is 10.0 Å². The molecule has 2 amide bonds. The monoisotopic (exact) mass is 699 g/mol. The molecule has 0 radical (unpaired) electrons. The molecule has 1 N–H and O–H groups in total. The molecule has 8 nitrogen and oxygen atoms in total. The number of amides is 2. The second-order valence-electron chi connectivity index (χ2n) is 10.6. The Hall–Kier alpha value is -4.12. The molecular formula is C35H36Cl2FN3O5S. The number of nitrogens with zero attached hydrogens (tertiary/aromatic N) is 2. The van der Waals surface area contributed by atoms with Gasteiger partial charge in [0.1, 0.15) is 24.2 Å². The summed E-state index contributed by atoms with van der Waals surface area (Å²) in [6.07, 6.45) is 0.814. The summed E-state index contributed by atoms with van der Waals surface area (Å²) in [7, 11) is -4.37. The van der Waals surface area contributed by atoms with Gasteiger partial charge in [0.25, 0.3) is 10.0 Å². The molecule has 0 saturated heterocycles. The molecule has 12 heteroatoms. The molecule has 4 aromatic rings. The van der Waals surface area contributed by atoms with E-state index in [1.165, 1.54) is 47.4 Å². The van der Waals surface area contributed by atoms with Gasteiger partial charge >= 0.3 is 0 Å². The maximum absolute atomic E-state index is 14.5. The maximum atomic E-state index is 14.5. The Kier molecular flexibility index (Phi) is 12.6. The number of halogens is 3. The minimum atomic E-state index is -4.37. The number of hydrogen-bond acceptors (Lipinski definition) is 5. The lowest BCUT2D eigenvalue weighted by Gasteiger charge is -2.34. The van der Waals surface area contributed by atoms with Crippen LogP contribution in [0.1, 0.15) is 31.4 Å². The molecule has 0 saturated carbocycles. The zero-order valence-electron chi connectivity index (χ0n) is 26.0. The Bertz CT molecular complexity index is 1760. The van der Waals surface area contributed by atoms with Crippen molar-refractivity contribution in [2.75, 3.05) is 24.0 Å². The van der Waals surface area contributed by atoms with E-state index in [4.69, 9.17) is 27.9 Å². The summed E-state index contributed by atoms with van der Waals surface area (Å²) in [5.74, 6) is -1.18. The molecule has 0 spiro atoms. The number of anilines is 1. The molecule has 0 heterocycles. The van der Waals surface area contributed by atoms with Gasteiger partial charge < -0.3 is 15.0 Å². The largest absolute Gasteiger partial charge is 0.494 e. The molecule has 1 unspecified atom stereocenters. The fourth-order valence-corrected chi connectivity index (χ4v) is 6.77. The van der Waals surface area contributed by atoms with Crippen molar-refractivity contribution in [2.45, 2.75) is 44.2 Å². The van der Waals surface area contributed by atoms with E-state index in [-0.39, 0.29) is 28.6 Å². The topological polar surface area (TPSA) is 96.0 Å². The molecule has 1 atom stereocenters. The van der Waals surface area contributed by atoms with Crippen molar-refractivity contribution in [3.8, 4) is 5.75 Å². The van der Waals surface area contributed by atoms with Crippen molar-refractivity contribution in [1.29, 1.82) is 0 Å². The average molecular weight is 701 g/mol. The Morgan fingerprint density at radius 2 is 1.60 bits per heavy atom. The number of carbonyl (C=O) groups excluding carboxylic acids is 2. The first-order chi connectivity index (χ1) is 22.5. The van der Waals surface area contributed by atoms with E-state index in [0.717, 1.165) is 22.0 Å². The molecule has 0 aliphatic carbocycles. The predicted molar refractivity (Wildman–Crippen MR) is 183 cm³/mol. The van der Waals surface area contributed by atoms with Gasteiger partial charge in [-0.1, -0.05) is 66.5 Å². The van der Waals surface area contributed by atoms with E-state index in [1.807, 2.05) is 44.2 Å². The van der Waals surface area contributed by atoms with Crippen molar-refractivity contribution in [3.63, 3.8) is 0 Å². The zero-order chi connectivity index (χ0) is 34.0. The van der Waals surface area contributed by atoms with Gasteiger partial charge in [-0.2, -0.15) is 0 Å². The van der Waals surface area contributed by atoms with Crippen LogP contribution in [-0.2, 0) is 32.6 Å². The van der Waals surface area contributed by atoms with Crippen LogP contribution in [0.4, 0.5) is 10.1 Å². The first kappa shape index (κ1) is 35.7. The van der Waals surface area contributed by atoms with E-state index in [0.29, 0.717) is 35.9 Å². The predicted octanol–water partition coefficient (Wildman–Crippen LogP) is 6.89. The highest BCUT2D eigenvalue weighted by molar-refractivity contribution is 7.92. The maximum Gasteiger partial charge on any atom is 0.264 e. The van der Waals surface area contributed by atoms with Gasteiger partial charge in [0.2, 0.25) is 11.8 Å². The second-order valence-corrected chi connectivity index (χ2v) is 13.4. The molecule has 0 aliphatic heterocycles. The standard InChI is InChI=1S/C35H36Cl2FN3O5S/c1-3-20-39-35(43)33(21-25-8-6-5-7-9-25)40(23-26-10-11-27(36)22-32(26)37)34(42)24-41(29-14-12-28(38)13-15-29)47(44,45)31-18-16-30(17-19-31)46-4-2/h5-19,22,33H,3-4,20-21,23-24H2,1-2H3,(H,39,43). The lowest BCUT2D eigenvalue weighted by atomic mass is 10.0. The highest BCUT2D eigenvalue weighted by atomic mass is 35.5. The van der Waals surface area contributed by atoms with Crippen LogP contribution in [0.15, 0.2) is 102 Å². The molecule has 47 heavy (non-hydrogen) atoms. The number of carbonyl (C=O) groups is 2. The summed E-state index contributed by atoms with van der Waals surface area (Å²) in [6.45, 7) is 3.68. The normalized spacial score (nSPS) is 11.9. The molecule has 248 valence electrons. The number of ether oxygens (including phenoxy) is 1. The summed E-state index contributed by atoms with van der Waals surface area (Å²) in [5.41, 5.74) is 1.36. The summed E-state index contributed by atoms with van der Waals surface area (Å²) < 4.78 is 48.6. The van der Waals surface area contributed by atoms with Crippen LogP contribution in [-0.4, -0.2) is 50.9 Å². The van der Waals surface area contributed by atoms with Crippen LogP contribution in [0, 0.1) is 5.82 Å². The van der Waals surface area contributed by atoms with E-state index in [2.05, 4.69) is 5.32 Å². The molecule has 0 aliphatic rings. The van der Waals surface area contributed by atoms with Crippen LogP contribution >= 0.6 is 23.2 Å². The smallest absolute Gasteiger partial charge is 0.264 e. The first-order valence-electron chi connectivity index (χ1n) is 15.1. The van der Waals surface area contributed by atoms with Gasteiger partial charge in [-0.3, -0.25) is 13.9 Å². The summed E-state index contributed by atoms with van der Waals surface area (Å²) in [5, 5.41) is 3.56. The van der Waals surface area contributed by atoms with E-state index >= 15 is 0 Å².